The summed E-state index contributed by atoms with van der Waals surface area (Å²) in [4.78, 5) is 24.4. The summed E-state index contributed by atoms with van der Waals surface area (Å²) in [5.41, 5.74) is 3.86. The number of nitrogens with one attached hydrogen (secondary N) is 2. The maximum Gasteiger partial charge on any atom is 0.291 e. The fourth-order valence-corrected chi connectivity index (χ4v) is 4.26. The van der Waals surface area contributed by atoms with Gasteiger partial charge in [-0.3, -0.25) is 9.78 Å². The van der Waals surface area contributed by atoms with Crippen LogP contribution in [0.1, 0.15) is 86.0 Å². The number of rotatable bonds is 4. The van der Waals surface area contributed by atoms with Gasteiger partial charge in [0.25, 0.3) is 5.91 Å². The van der Waals surface area contributed by atoms with E-state index in [1.165, 1.54) is 18.2 Å². The zero-order chi connectivity index (χ0) is 21.1. The van der Waals surface area contributed by atoms with Gasteiger partial charge in [-0.15, -0.1) is 0 Å². The Morgan fingerprint density at radius 1 is 1.37 bits per heavy atom. The number of anilines is 1. The zero-order valence-electron chi connectivity index (χ0n) is 17.5. The van der Waals surface area contributed by atoms with E-state index in [4.69, 9.17) is 15.0 Å². The van der Waals surface area contributed by atoms with Crippen LogP contribution in [0.3, 0.4) is 0 Å². The van der Waals surface area contributed by atoms with Crippen LogP contribution in [0.5, 0.6) is 0 Å². The summed E-state index contributed by atoms with van der Waals surface area (Å²) in [6.45, 7) is 4.98. The Hall–Kier alpha value is -2.98. The first-order valence-electron chi connectivity index (χ1n) is 10.6. The molecule has 2 aliphatic rings. The largest absolute Gasteiger partial charge is 0.376 e. The molecule has 4 rings (SSSR count). The Bertz CT molecular complexity index is 1010. The number of hydrogen-bond acceptors (Lipinski definition) is 5. The summed E-state index contributed by atoms with van der Waals surface area (Å²) in [5, 5.41) is 11.9. The van der Waals surface area contributed by atoms with E-state index in [1.807, 2.05) is 18.2 Å². The molecule has 1 fully saturated rings. The first-order chi connectivity index (χ1) is 14.4. The van der Waals surface area contributed by atoms with E-state index < -0.39 is 0 Å². The minimum Gasteiger partial charge on any atom is -0.376 e. The molecule has 7 heteroatoms. The van der Waals surface area contributed by atoms with Crippen LogP contribution in [0.4, 0.5) is 5.69 Å². The van der Waals surface area contributed by atoms with Gasteiger partial charge in [0.05, 0.1) is 23.2 Å². The van der Waals surface area contributed by atoms with Gasteiger partial charge in [0.2, 0.25) is 0 Å². The van der Waals surface area contributed by atoms with Crippen LogP contribution < -0.4 is 5.32 Å². The molecule has 3 heterocycles. The highest BCUT2D eigenvalue weighted by Crippen LogP contribution is 2.37. The summed E-state index contributed by atoms with van der Waals surface area (Å²) in [6, 6.07) is 5.91. The van der Waals surface area contributed by atoms with Gasteiger partial charge in [0.15, 0.2) is 5.82 Å². The lowest BCUT2D eigenvalue weighted by atomic mass is 9.85. The second kappa shape index (κ2) is 8.41. The van der Waals surface area contributed by atoms with E-state index in [9.17, 15) is 4.79 Å². The molecule has 1 aliphatic heterocycles. The van der Waals surface area contributed by atoms with E-state index in [1.54, 1.807) is 0 Å². The molecule has 30 heavy (non-hydrogen) atoms. The van der Waals surface area contributed by atoms with Gasteiger partial charge in [-0.05, 0) is 70.1 Å². The molecule has 0 bridgehead atoms. The molecule has 0 radical (unpaired) electrons. The van der Waals surface area contributed by atoms with Crippen molar-refractivity contribution in [3.63, 3.8) is 0 Å². The molecule has 1 aliphatic carbocycles. The molecule has 7 nitrogen and oxygen atoms in total. The number of aromatic amines is 1. The maximum atomic E-state index is 12.7. The second-order valence-electron chi connectivity index (χ2n) is 8.62. The Morgan fingerprint density at radius 2 is 2.23 bits per heavy atom. The molecule has 0 saturated carbocycles. The fraction of sp³-hybridized carbons (Fsp3) is 0.478. The van der Waals surface area contributed by atoms with Gasteiger partial charge in [-0.1, -0.05) is 6.08 Å². The Balaban J connectivity index is 1.65. The number of pyridine rings is 1. The molecule has 156 valence electrons. The number of carbonyl (C=O) groups is 1. The Kier molecular flexibility index (Phi) is 5.69. The Labute approximate surface area is 176 Å². The van der Waals surface area contributed by atoms with E-state index in [-0.39, 0.29) is 23.0 Å². The van der Waals surface area contributed by atoms with Crippen molar-refractivity contribution >= 4 is 17.2 Å². The number of nitrogens with zero attached hydrogens (tertiary/aromatic N) is 3. The average Bonchev–Trinajstić information content (AvgIpc) is 3.23. The molecular weight excluding hydrogens is 378 g/mol. The summed E-state index contributed by atoms with van der Waals surface area (Å²) in [5.74, 6) is 0.0750. The number of carbonyl (C=O) groups excluding carboxylic acids is 1. The number of nitriles is 1. The summed E-state index contributed by atoms with van der Waals surface area (Å²) >= 11 is 0. The standard InChI is InChI=1S/C23H27N5O2/c1-23(2)12-16(10-11-30-23)18-8-9-19(20(27-18)15-6-4-3-5-7-15)28-22(29)21-25-14-17(13-24)26-21/h6,8-9,14,16H,3-5,7,10-12H2,1-2H3,(H,25,26)(H,28,29). The summed E-state index contributed by atoms with van der Waals surface area (Å²) in [6.07, 6.45) is 9.76. The third-order valence-electron chi connectivity index (χ3n) is 5.79. The molecule has 1 unspecified atom stereocenters. The van der Waals surface area contributed by atoms with Crippen LogP contribution in [0.15, 0.2) is 24.4 Å². The van der Waals surface area contributed by atoms with Gasteiger partial charge < -0.3 is 15.0 Å². The SMILES string of the molecule is CC1(C)CC(c2ccc(NC(=O)c3ncc(C#N)[nH]3)c(C3=CCCCC3)n2)CCO1. The van der Waals surface area contributed by atoms with Crippen molar-refractivity contribution < 1.29 is 9.53 Å². The topological polar surface area (TPSA) is 104 Å². The number of amides is 1. The minimum absolute atomic E-state index is 0.116. The lowest BCUT2D eigenvalue weighted by molar-refractivity contribution is -0.0597. The maximum absolute atomic E-state index is 12.7. The fourth-order valence-electron chi connectivity index (χ4n) is 4.26. The van der Waals surface area contributed by atoms with Gasteiger partial charge in [-0.25, -0.2) is 4.98 Å². The zero-order valence-corrected chi connectivity index (χ0v) is 17.5. The van der Waals surface area contributed by atoms with Crippen LogP contribution in [0.2, 0.25) is 0 Å². The predicted molar refractivity (Wildman–Crippen MR) is 114 cm³/mol. The first-order valence-corrected chi connectivity index (χ1v) is 10.6. The molecule has 1 atom stereocenters. The lowest BCUT2D eigenvalue weighted by Crippen LogP contribution is -2.33. The molecule has 2 aromatic rings. The molecular formula is C23H27N5O2. The van der Waals surface area contributed by atoms with Crippen molar-refractivity contribution in [1.29, 1.82) is 5.26 Å². The molecule has 1 amide bonds. The number of allylic oxidation sites excluding steroid dienone is 2. The highest BCUT2D eigenvalue weighted by molar-refractivity contribution is 6.03. The first kappa shape index (κ1) is 20.3. The highest BCUT2D eigenvalue weighted by Gasteiger charge is 2.31. The monoisotopic (exact) mass is 405 g/mol. The van der Waals surface area contributed by atoms with Crippen molar-refractivity contribution in [3.8, 4) is 6.07 Å². The normalized spacial score (nSPS) is 20.8. The van der Waals surface area contributed by atoms with Crippen molar-refractivity contribution in [1.82, 2.24) is 15.0 Å². The summed E-state index contributed by atoms with van der Waals surface area (Å²) < 4.78 is 5.87. The van der Waals surface area contributed by atoms with Crippen molar-refractivity contribution in [2.75, 3.05) is 11.9 Å². The van der Waals surface area contributed by atoms with E-state index >= 15 is 0 Å². The molecule has 1 saturated heterocycles. The number of hydrogen-bond donors (Lipinski definition) is 2. The van der Waals surface area contributed by atoms with Crippen LogP contribution in [-0.2, 0) is 4.74 Å². The van der Waals surface area contributed by atoms with Crippen molar-refractivity contribution in [2.45, 2.75) is 63.9 Å². The Morgan fingerprint density at radius 3 is 2.93 bits per heavy atom. The number of ether oxygens (including phenoxy) is 1. The summed E-state index contributed by atoms with van der Waals surface area (Å²) in [7, 11) is 0. The smallest absolute Gasteiger partial charge is 0.291 e. The van der Waals surface area contributed by atoms with E-state index in [0.717, 1.165) is 50.1 Å². The molecule has 0 spiro atoms. The molecule has 0 aromatic carbocycles. The average molecular weight is 406 g/mol. The third kappa shape index (κ3) is 4.44. The van der Waals surface area contributed by atoms with Gasteiger partial charge in [-0.2, -0.15) is 5.26 Å². The van der Waals surface area contributed by atoms with Gasteiger partial charge in [0.1, 0.15) is 11.8 Å². The molecule has 2 N–H and O–H groups in total. The van der Waals surface area contributed by atoms with Crippen molar-refractivity contribution in [3.05, 3.63) is 47.3 Å². The predicted octanol–water partition coefficient (Wildman–Crippen LogP) is 4.56. The number of aromatic nitrogens is 3. The number of H-pyrrole nitrogens is 1. The van der Waals surface area contributed by atoms with Gasteiger partial charge in [0, 0.05) is 18.2 Å². The highest BCUT2D eigenvalue weighted by atomic mass is 16.5. The van der Waals surface area contributed by atoms with Gasteiger partial charge >= 0.3 is 0 Å². The van der Waals surface area contributed by atoms with Crippen molar-refractivity contribution in [2.24, 2.45) is 0 Å². The molecule has 2 aromatic heterocycles. The van der Waals surface area contributed by atoms with Crippen LogP contribution in [0, 0.1) is 11.3 Å². The minimum atomic E-state index is -0.379. The second-order valence-corrected chi connectivity index (χ2v) is 8.62. The lowest BCUT2D eigenvalue weighted by Gasteiger charge is -2.35. The third-order valence-corrected chi connectivity index (χ3v) is 5.79. The van der Waals surface area contributed by atoms with E-state index in [2.05, 4.69) is 35.2 Å². The quantitative estimate of drug-likeness (QED) is 0.776. The van der Waals surface area contributed by atoms with E-state index in [0.29, 0.717) is 11.6 Å². The van der Waals surface area contributed by atoms with Crippen LogP contribution in [0.25, 0.3) is 5.57 Å². The van der Waals surface area contributed by atoms with Crippen LogP contribution >= 0.6 is 0 Å². The van der Waals surface area contributed by atoms with Crippen LogP contribution in [-0.4, -0.2) is 33.1 Å². The number of imidazole rings is 1.